The number of rotatable bonds is 0. The third kappa shape index (κ3) is 1.23. The molecule has 0 spiro atoms. The van der Waals surface area contributed by atoms with Crippen LogP contribution in [0.5, 0.6) is 0 Å². The van der Waals surface area contributed by atoms with E-state index in [1.807, 2.05) is 36.4 Å². The average Bonchev–Trinajstić information content (AvgIpc) is 2.29. The molecule has 2 heteroatoms. The fourth-order valence-electron chi connectivity index (χ4n) is 1.23. The van der Waals surface area contributed by atoms with E-state index in [0.717, 1.165) is 20.6 Å². The largest absolute Gasteiger partial charge is 0.0836 e. The zero-order chi connectivity index (χ0) is 8.55. The van der Waals surface area contributed by atoms with Crippen molar-refractivity contribution in [3.8, 4) is 11.1 Å². The molecule has 0 heterocycles. The van der Waals surface area contributed by atoms with Gasteiger partial charge in [-0.05, 0) is 11.6 Å². The molecule has 0 aromatic heterocycles. The van der Waals surface area contributed by atoms with E-state index < -0.39 is 0 Å². The SMILES string of the molecule is Clc1cc(Br)c2cccccc1-2. The van der Waals surface area contributed by atoms with Gasteiger partial charge in [-0.15, -0.1) is 0 Å². The lowest BCUT2D eigenvalue weighted by molar-refractivity contribution is 1.80. The Balaban J connectivity index is 2.79. The van der Waals surface area contributed by atoms with Crippen LogP contribution in [-0.4, -0.2) is 0 Å². The predicted octanol–water partition coefficient (Wildman–Crippen LogP) is 4.21. The van der Waals surface area contributed by atoms with E-state index in [0.29, 0.717) is 0 Å². The van der Waals surface area contributed by atoms with E-state index in [1.165, 1.54) is 0 Å². The third-order valence-electron chi connectivity index (χ3n) is 1.81. The molecule has 0 aromatic rings. The summed E-state index contributed by atoms with van der Waals surface area (Å²) in [6.45, 7) is 0. The molecule has 0 aliphatic heterocycles. The lowest BCUT2D eigenvalue weighted by atomic mass is 10.2. The molecule has 0 N–H and O–H groups in total. The second kappa shape index (κ2) is 3.08. The number of fused-ring (bicyclic) bond motifs is 1. The monoisotopic (exact) mass is 240 g/mol. The van der Waals surface area contributed by atoms with Crippen LogP contribution in [0.25, 0.3) is 11.1 Å². The highest BCUT2D eigenvalue weighted by Gasteiger charge is 2.09. The lowest BCUT2D eigenvalue weighted by Crippen LogP contribution is -1.65. The normalized spacial score (nSPS) is 10.5. The van der Waals surface area contributed by atoms with E-state index in [-0.39, 0.29) is 0 Å². The zero-order valence-electron chi connectivity index (χ0n) is 6.22. The van der Waals surface area contributed by atoms with Gasteiger partial charge in [-0.3, -0.25) is 0 Å². The number of hydrogen-bond acceptors (Lipinski definition) is 0. The predicted molar refractivity (Wildman–Crippen MR) is 55.8 cm³/mol. The van der Waals surface area contributed by atoms with Crippen LogP contribution in [0.4, 0.5) is 0 Å². The molecule has 0 radical (unpaired) electrons. The van der Waals surface area contributed by atoms with E-state index >= 15 is 0 Å². The van der Waals surface area contributed by atoms with Gasteiger partial charge in [0.1, 0.15) is 0 Å². The third-order valence-corrected chi connectivity index (χ3v) is 2.78. The van der Waals surface area contributed by atoms with E-state index in [2.05, 4.69) is 15.9 Å². The summed E-state index contributed by atoms with van der Waals surface area (Å²) in [5.41, 5.74) is 2.25. The Labute approximate surface area is 84.6 Å². The van der Waals surface area contributed by atoms with Crippen molar-refractivity contribution >= 4 is 27.5 Å². The minimum Gasteiger partial charge on any atom is -0.0836 e. The summed E-state index contributed by atoms with van der Waals surface area (Å²) >= 11 is 9.46. The first-order valence-electron chi connectivity index (χ1n) is 3.62. The molecule has 2 rings (SSSR count). The molecule has 2 aliphatic rings. The maximum atomic E-state index is 6.01. The van der Waals surface area contributed by atoms with Gasteiger partial charge in [0.2, 0.25) is 0 Å². The van der Waals surface area contributed by atoms with Crippen molar-refractivity contribution in [3.05, 3.63) is 45.9 Å². The van der Waals surface area contributed by atoms with Crippen molar-refractivity contribution in [2.24, 2.45) is 0 Å². The van der Waals surface area contributed by atoms with E-state index in [9.17, 15) is 0 Å². The molecule has 60 valence electrons. The van der Waals surface area contributed by atoms with Crippen LogP contribution in [0.15, 0.2) is 40.9 Å². The molecular formula is C10H6BrCl. The lowest BCUT2D eigenvalue weighted by Gasteiger charge is -1.91. The fourth-order valence-corrected chi connectivity index (χ4v) is 2.21. The topological polar surface area (TPSA) is 0 Å². The molecule has 0 nitrogen and oxygen atoms in total. The zero-order valence-corrected chi connectivity index (χ0v) is 8.56. The summed E-state index contributed by atoms with van der Waals surface area (Å²) in [4.78, 5) is 0. The molecule has 0 atom stereocenters. The van der Waals surface area contributed by atoms with Gasteiger partial charge in [0.25, 0.3) is 0 Å². The van der Waals surface area contributed by atoms with Crippen molar-refractivity contribution in [2.45, 2.75) is 0 Å². The summed E-state index contributed by atoms with van der Waals surface area (Å²) in [5, 5.41) is 0.799. The van der Waals surface area contributed by atoms with Gasteiger partial charge in [0, 0.05) is 15.1 Å². The van der Waals surface area contributed by atoms with Crippen LogP contribution in [0.3, 0.4) is 0 Å². The van der Waals surface area contributed by atoms with Gasteiger partial charge in [0.15, 0.2) is 0 Å². The summed E-state index contributed by atoms with van der Waals surface area (Å²) < 4.78 is 1.05. The highest BCUT2D eigenvalue weighted by atomic mass is 79.9. The van der Waals surface area contributed by atoms with Crippen LogP contribution in [0.2, 0.25) is 5.02 Å². The molecule has 2 aliphatic carbocycles. The molecule has 0 saturated carbocycles. The summed E-state index contributed by atoms with van der Waals surface area (Å²) in [7, 11) is 0. The Bertz CT molecular complexity index is 350. The van der Waals surface area contributed by atoms with Gasteiger partial charge in [-0.2, -0.15) is 0 Å². The maximum Gasteiger partial charge on any atom is 0.0496 e. The van der Waals surface area contributed by atoms with Crippen LogP contribution >= 0.6 is 27.5 Å². The number of hydrogen-bond donors (Lipinski definition) is 0. The Morgan fingerprint density at radius 2 is 1.67 bits per heavy atom. The standard InChI is InChI=1S/C10H6BrCl/c11-9-6-10(12)8-5-3-1-2-4-7(8)9/h1-6H. The highest BCUT2D eigenvalue weighted by Crippen LogP contribution is 2.38. The maximum absolute atomic E-state index is 6.01. The van der Waals surface area contributed by atoms with Crippen molar-refractivity contribution < 1.29 is 0 Å². The minimum atomic E-state index is 0.799. The van der Waals surface area contributed by atoms with Crippen molar-refractivity contribution in [1.29, 1.82) is 0 Å². The summed E-state index contributed by atoms with van der Waals surface area (Å²) in [6.07, 6.45) is 0. The molecule has 12 heavy (non-hydrogen) atoms. The Kier molecular flexibility index (Phi) is 2.07. The van der Waals surface area contributed by atoms with Crippen molar-refractivity contribution in [2.75, 3.05) is 0 Å². The Morgan fingerprint density at radius 1 is 1.00 bits per heavy atom. The Hall–Kier alpha value is -0.530. The first-order valence-corrected chi connectivity index (χ1v) is 4.79. The fraction of sp³-hybridized carbons (Fsp3) is 0. The van der Waals surface area contributed by atoms with Gasteiger partial charge in [-0.25, -0.2) is 0 Å². The van der Waals surface area contributed by atoms with Gasteiger partial charge in [0.05, 0.1) is 0 Å². The molecule has 0 saturated heterocycles. The molecule has 0 amide bonds. The second-order valence-electron chi connectivity index (χ2n) is 2.58. The molecule has 0 bridgehead atoms. The van der Waals surface area contributed by atoms with Crippen LogP contribution in [0, 0.1) is 0 Å². The average molecular weight is 242 g/mol. The molecule has 0 fully saturated rings. The smallest absolute Gasteiger partial charge is 0.0496 e. The number of halogens is 2. The van der Waals surface area contributed by atoms with Crippen molar-refractivity contribution in [1.82, 2.24) is 0 Å². The second-order valence-corrected chi connectivity index (χ2v) is 3.84. The molecule has 0 aromatic carbocycles. The molecular weight excluding hydrogens is 235 g/mol. The van der Waals surface area contributed by atoms with Gasteiger partial charge < -0.3 is 0 Å². The summed E-state index contributed by atoms with van der Waals surface area (Å²) in [6, 6.07) is 12.0. The van der Waals surface area contributed by atoms with Crippen LogP contribution in [-0.2, 0) is 0 Å². The quantitative estimate of drug-likeness (QED) is 0.648. The van der Waals surface area contributed by atoms with Gasteiger partial charge in [-0.1, -0.05) is 57.9 Å². The Morgan fingerprint density at radius 3 is 2.42 bits per heavy atom. The first-order chi connectivity index (χ1) is 5.79. The van der Waals surface area contributed by atoms with Crippen LogP contribution in [0.1, 0.15) is 0 Å². The summed E-state index contributed by atoms with van der Waals surface area (Å²) in [5.74, 6) is 0. The molecule has 0 unspecified atom stereocenters. The van der Waals surface area contributed by atoms with E-state index in [1.54, 1.807) is 0 Å². The highest BCUT2D eigenvalue weighted by molar-refractivity contribution is 9.10. The van der Waals surface area contributed by atoms with E-state index in [4.69, 9.17) is 11.6 Å². The van der Waals surface area contributed by atoms with Crippen molar-refractivity contribution in [3.63, 3.8) is 0 Å². The first kappa shape index (κ1) is 8.09. The van der Waals surface area contributed by atoms with Gasteiger partial charge >= 0.3 is 0 Å². The van der Waals surface area contributed by atoms with Crippen LogP contribution < -0.4 is 0 Å². The minimum absolute atomic E-state index is 0.799.